The van der Waals surface area contributed by atoms with Crippen LogP contribution in [-0.2, 0) is 9.59 Å². The monoisotopic (exact) mass is 495 g/mol. The number of carbonyl (C=O) groups excluding carboxylic acids is 2. The highest BCUT2D eigenvalue weighted by molar-refractivity contribution is 7.99. The van der Waals surface area contributed by atoms with Crippen LogP contribution in [0.2, 0.25) is 5.02 Å². The Morgan fingerprint density at radius 3 is 2.41 bits per heavy atom. The smallest absolute Gasteiger partial charge is 0.234 e. The van der Waals surface area contributed by atoms with E-state index in [1.165, 1.54) is 13.0 Å². The van der Waals surface area contributed by atoms with Crippen molar-refractivity contribution in [2.75, 3.05) is 16.4 Å². The Bertz CT molecular complexity index is 1360. The van der Waals surface area contributed by atoms with Gasteiger partial charge in [0.1, 0.15) is 5.82 Å². The predicted octanol–water partition coefficient (Wildman–Crippen LogP) is 5.42. The third-order valence-corrected chi connectivity index (χ3v) is 5.90. The lowest BCUT2D eigenvalue weighted by Crippen LogP contribution is -2.15. The number of para-hydroxylation sites is 1. The van der Waals surface area contributed by atoms with Crippen LogP contribution in [0.15, 0.2) is 78.0 Å². The molecule has 0 spiro atoms. The lowest BCUT2D eigenvalue weighted by Gasteiger charge is -2.12. The number of thioether (sulfide) groups is 1. The molecular weight excluding hydrogens is 477 g/mol. The number of anilines is 2. The lowest BCUT2D eigenvalue weighted by atomic mass is 10.2. The number of hydrogen-bond acceptors (Lipinski definition) is 5. The second-order valence-corrected chi connectivity index (χ2v) is 8.52. The maximum atomic E-state index is 14.7. The minimum absolute atomic E-state index is 0.000524. The zero-order valence-corrected chi connectivity index (χ0v) is 19.5. The topological polar surface area (TPSA) is 88.9 Å². The van der Waals surface area contributed by atoms with E-state index in [0.29, 0.717) is 32.9 Å². The van der Waals surface area contributed by atoms with Crippen molar-refractivity contribution in [2.45, 2.75) is 12.1 Å². The number of rotatable bonds is 7. The minimum atomic E-state index is -0.461. The molecule has 0 atom stereocenters. The molecule has 0 bridgehead atoms. The van der Waals surface area contributed by atoms with Gasteiger partial charge >= 0.3 is 0 Å². The summed E-state index contributed by atoms with van der Waals surface area (Å²) in [6, 6.07) is 20.1. The van der Waals surface area contributed by atoms with E-state index < -0.39 is 5.82 Å². The molecule has 0 aliphatic carbocycles. The molecule has 1 aromatic heterocycles. The van der Waals surface area contributed by atoms with Gasteiger partial charge in [-0.1, -0.05) is 53.7 Å². The van der Waals surface area contributed by atoms with Gasteiger partial charge < -0.3 is 10.6 Å². The van der Waals surface area contributed by atoms with Crippen molar-refractivity contribution in [1.82, 2.24) is 14.8 Å². The summed E-state index contributed by atoms with van der Waals surface area (Å²) in [5.74, 6) is -0.606. The third kappa shape index (κ3) is 5.44. The highest BCUT2D eigenvalue weighted by Gasteiger charge is 2.21. The van der Waals surface area contributed by atoms with E-state index in [2.05, 4.69) is 20.8 Å². The summed E-state index contributed by atoms with van der Waals surface area (Å²) in [5, 5.41) is 14.7. The molecule has 0 aliphatic rings. The van der Waals surface area contributed by atoms with Crippen LogP contribution in [-0.4, -0.2) is 32.3 Å². The fourth-order valence-corrected chi connectivity index (χ4v) is 4.20. The summed E-state index contributed by atoms with van der Waals surface area (Å²) in [6.45, 7) is 1.41. The number of hydrogen-bond donors (Lipinski definition) is 2. The summed E-state index contributed by atoms with van der Waals surface area (Å²) < 4.78 is 16.3. The predicted molar refractivity (Wildman–Crippen MR) is 132 cm³/mol. The van der Waals surface area contributed by atoms with Gasteiger partial charge in [-0.05, 0) is 42.5 Å². The quantitative estimate of drug-likeness (QED) is 0.334. The van der Waals surface area contributed by atoms with Crippen molar-refractivity contribution < 1.29 is 14.0 Å². The minimum Gasteiger partial charge on any atom is -0.326 e. The van der Waals surface area contributed by atoms with Gasteiger partial charge in [0, 0.05) is 23.9 Å². The summed E-state index contributed by atoms with van der Waals surface area (Å²) in [4.78, 5) is 23.8. The summed E-state index contributed by atoms with van der Waals surface area (Å²) >= 11 is 7.47. The molecule has 7 nitrogen and oxygen atoms in total. The van der Waals surface area contributed by atoms with Gasteiger partial charge in [0.15, 0.2) is 11.0 Å². The van der Waals surface area contributed by atoms with Gasteiger partial charge in [-0.25, -0.2) is 4.39 Å². The van der Waals surface area contributed by atoms with Crippen LogP contribution in [0.5, 0.6) is 0 Å². The second kappa shape index (κ2) is 10.5. The van der Waals surface area contributed by atoms with E-state index in [1.807, 2.05) is 0 Å². The van der Waals surface area contributed by atoms with Gasteiger partial charge in [-0.3, -0.25) is 14.2 Å². The van der Waals surface area contributed by atoms with Gasteiger partial charge in [0.05, 0.1) is 16.5 Å². The second-order valence-electron chi connectivity index (χ2n) is 7.17. The summed E-state index contributed by atoms with van der Waals surface area (Å²) in [5.41, 5.74) is 1.94. The highest BCUT2D eigenvalue weighted by Crippen LogP contribution is 2.32. The van der Waals surface area contributed by atoms with Crippen molar-refractivity contribution in [1.29, 1.82) is 0 Å². The Hall–Kier alpha value is -3.69. The molecule has 0 fully saturated rings. The molecule has 172 valence electrons. The van der Waals surface area contributed by atoms with E-state index in [-0.39, 0.29) is 23.3 Å². The van der Waals surface area contributed by atoms with Crippen LogP contribution >= 0.6 is 23.4 Å². The molecule has 0 aliphatic heterocycles. The average Bonchev–Trinajstić information content (AvgIpc) is 3.21. The molecule has 4 aromatic rings. The third-order valence-electron chi connectivity index (χ3n) is 4.64. The van der Waals surface area contributed by atoms with Crippen molar-refractivity contribution in [3.63, 3.8) is 0 Å². The SMILES string of the molecule is CC(=O)Nc1cccc(NC(=O)CSc2nnc(-c3ccccc3Cl)n2-c2ccccc2F)c1. The standard InChI is InChI=1S/C24H19ClFN5O2S/c1-15(32)27-16-7-6-8-17(13-16)28-22(33)14-34-24-30-29-23(18-9-2-3-10-19(18)25)31(24)21-12-5-4-11-20(21)26/h2-13H,14H2,1H3,(H,27,32)(H,28,33). The molecule has 1 heterocycles. The largest absolute Gasteiger partial charge is 0.326 e. The molecule has 34 heavy (non-hydrogen) atoms. The number of halogens is 2. The van der Waals surface area contributed by atoms with Gasteiger partial charge in [-0.15, -0.1) is 10.2 Å². The molecule has 0 radical (unpaired) electrons. The van der Waals surface area contributed by atoms with Crippen molar-refractivity contribution >= 4 is 46.6 Å². The van der Waals surface area contributed by atoms with E-state index in [1.54, 1.807) is 71.3 Å². The van der Waals surface area contributed by atoms with Gasteiger partial charge in [-0.2, -0.15) is 0 Å². The zero-order chi connectivity index (χ0) is 24.1. The first-order valence-corrected chi connectivity index (χ1v) is 11.5. The number of aromatic nitrogens is 3. The van der Waals surface area contributed by atoms with Crippen LogP contribution in [0.25, 0.3) is 17.1 Å². The van der Waals surface area contributed by atoms with Crippen LogP contribution < -0.4 is 10.6 Å². The molecule has 0 saturated heterocycles. The Labute approximate surface area is 204 Å². The molecule has 0 unspecified atom stereocenters. The first-order chi connectivity index (χ1) is 16.4. The maximum Gasteiger partial charge on any atom is 0.234 e. The van der Waals surface area contributed by atoms with Crippen molar-refractivity contribution in [3.05, 3.63) is 83.6 Å². The Morgan fingerprint density at radius 1 is 0.971 bits per heavy atom. The van der Waals surface area contributed by atoms with Crippen LogP contribution in [0.3, 0.4) is 0 Å². The van der Waals surface area contributed by atoms with Gasteiger partial charge in [0.2, 0.25) is 11.8 Å². The number of nitrogens with one attached hydrogen (secondary N) is 2. The molecule has 4 rings (SSSR count). The molecular formula is C24H19ClFN5O2S. The molecule has 10 heteroatoms. The van der Waals surface area contributed by atoms with Crippen LogP contribution in [0.4, 0.5) is 15.8 Å². The van der Waals surface area contributed by atoms with Crippen molar-refractivity contribution in [3.8, 4) is 17.1 Å². The molecule has 2 N–H and O–H groups in total. The highest BCUT2D eigenvalue weighted by atomic mass is 35.5. The number of benzene rings is 3. The fraction of sp³-hybridized carbons (Fsp3) is 0.0833. The lowest BCUT2D eigenvalue weighted by molar-refractivity contribution is -0.114. The Morgan fingerprint density at radius 2 is 1.68 bits per heavy atom. The average molecular weight is 496 g/mol. The molecule has 2 amide bonds. The van der Waals surface area contributed by atoms with E-state index in [9.17, 15) is 14.0 Å². The van der Waals surface area contributed by atoms with Crippen molar-refractivity contribution in [2.24, 2.45) is 0 Å². The molecule has 0 saturated carbocycles. The Balaban J connectivity index is 1.58. The Kier molecular flexibility index (Phi) is 7.24. The zero-order valence-electron chi connectivity index (χ0n) is 18.0. The summed E-state index contributed by atoms with van der Waals surface area (Å²) in [6.07, 6.45) is 0. The molecule has 3 aromatic carbocycles. The van der Waals surface area contributed by atoms with Gasteiger partial charge in [0.25, 0.3) is 0 Å². The van der Waals surface area contributed by atoms with E-state index >= 15 is 0 Å². The number of amides is 2. The fourth-order valence-electron chi connectivity index (χ4n) is 3.24. The number of nitrogens with zero attached hydrogens (tertiary/aromatic N) is 3. The first-order valence-electron chi connectivity index (χ1n) is 10.2. The number of carbonyl (C=O) groups is 2. The first kappa shape index (κ1) is 23.5. The van der Waals surface area contributed by atoms with E-state index in [0.717, 1.165) is 11.8 Å². The van der Waals surface area contributed by atoms with Crippen LogP contribution in [0.1, 0.15) is 6.92 Å². The summed E-state index contributed by atoms with van der Waals surface area (Å²) in [7, 11) is 0. The van der Waals surface area contributed by atoms with Crippen LogP contribution in [0, 0.1) is 5.82 Å². The maximum absolute atomic E-state index is 14.7. The normalized spacial score (nSPS) is 10.7. The van der Waals surface area contributed by atoms with E-state index in [4.69, 9.17) is 11.6 Å².